The fraction of sp³-hybridized carbons (Fsp3) is 0.500. The molecule has 1 aromatic carbocycles. The van der Waals surface area contributed by atoms with Gasteiger partial charge in [-0.3, -0.25) is 4.79 Å². The Morgan fingerprint density at radius 2 is 2.06 bits per heavy atom. The van der Waals surface area contributed by atoms with E-state index in [1.165, 1.54) is 0 Å². The van der Waals surface area contributed by atoms with Crippen LogP contribution in [0.1, 0.15) is 30.6 Å². The van der Waals surface area contributed by atoms with Gasteiger partial charge in [-0.2, -0.15) is 11.8 Å². The molecule has 0 unspecified atom stereocenters. The first-order chi connectivity index (χ1) is 8.49. The van der Waals surface area contributed by atoms with Gasteiger partial charge in [-0.05, 0) is 34.5 Å². The smallest absolute Gasteiger partial charge is 0.255 e. The van der Waals surface area contributed by atoms with Crippen molar-refractivity contribution < 1.29 is 4.79 Å². The van der Waals surface area contributed by atoms with E-state index in [9.17, 15) is 4.79 Å². The highest BCUT2D eigenvalue weighted by molar-refractivity contribution is 9.10. The molecule has 1 aliphatic heterocycles. The van der Waals surface area contributed by atoms with Crippen LogP contribution in [0.4, 0.5) is 0 Å². The lowest BCUT2D eigenvalue weighted by molar-refractivity contribution is 0.0763. The highest BCUT2D eigenvalue weighted by atomic mass is 79.9. The number of rotatable bonds is 1. The van der Waals surface area contributed by atoms with E-state index in [0.29, 0.717) is 0 Å². The minimum atomic E-state index is 0.140. The van der Waals surface area contributed by atoms with Crippen LogP contribution in [0.25, 0.3) is 0 Å². The first kappa shape index (κ1) is 13.9. The summed E-state index contributed by atoms with van der Waals surface area (Å²) in [5, 5.41) is 0. The van der Waals surface area contributed by atoms with Crippen molar-refractivity contribution in [3.63, 3.8) is 0 Å². The quantitative estimate of drug-likeness (QED) is 0.781. The zero-order valence-electron chi connectivity index (χ0n) is 10.8. The second-order valence-corrected chi connectivity index (χ2v) is 7.79. The number of hydrogen-bond donors (Lipinski definition) is 0. The average molecular weight is 328 g/mol. The maximum absolute atomic E-state index is 12.5. The lowest BCUT2D eigenvalue weighted by atomic mass is 10.1. The zero-order chi connectivity index (χ0) is 13.2. The van der Waals surface area contributed by atoms with Crippen molar-refractivity contribution in [3.8, 4) is 0 Å². The van der Waals surface area contributed by atoms with Crippen LogP contribution < -0.4 is 0 Å². The molecule has 1 heterocycles. The van der Waals surface area contributed by atoms with Crippen molar-refractivity contribution in [2.24, 2.45) is 0 Å². The normalized spacial score (nSPS) is 19.4. The molecular formula is C14H18BrNOS. The van der Waals surface area contributed by atoms with Crippen molar-refractivity contribution in [3.05, 3.63) is 34.3 Å². The summed E-state index contributed by atoms with van der Waals surface area (Å²) in [7, 11) is 0. The van der Waals surface area contributed by atoms with E-state index in [4.69, 9.17) is 0 Å². The van der Waals surface area contributed by atoms with E-state index in [1.54, 1.807) is 0 Å². The third-order valence-corrected chi connectivity index (χ3v) is 5.29. The molecule has 0 radical (unpaired) electrons. The standard InChI is InChI=1S/C14H18BrNOS/c1-14(2)7-8-16(9-10-18-14)13(17)11-5-3-4-6-12(11)15/h3-6H,7-10H2,1-2H3. The average Bonchev–Trinajstić information content (AvgIpc) is 2.50. The molecule has 1 aliphatic rings. The van der Waals surface area contributed by atoms with Gasteiger partial charge in [0.1, 0.15) is 0 Å². The summed E-state index contributed by atoms with van der Waals surface area (Å²) < 4.78 is 1.16. The number of nitrogens with zero attached hydrogens (tertiary/aromatic N) is 1. The number of benzene rings is 1. The summed E-state index contributed by atoms with van der Waals surface area (Å²) in [5.41, 5.74) is 0.766. The predicted molar refractivity (Wildman–Crippen MR) is 81.2 cm³/mol. The number of carbonyl (C=O) groups excluding carboxylic acids is 1. The Labute approximate surface area is 121 Å². The number of carbonyl (C=O) groups is 1. The van der Waals surface area contributed by atoms with Crippen LogP contribution in [0.15, 0.2) is 28.7 Å². The SMILES string of the molecule is CC1(C)CCN(C(=O)c2ccccc2Br)CCS1. The third kappa shape index (κ3) is 3.29. The molecule has 0 N–H and O–H groups in total. The molecule has 0 saturated carbocycles. The number of hydrogen-bond acceptors (Lipinski definition) is 2. The van der Waals surface area contributed by atoms with Gasteiger partial charge in [-0.1, -0.05) is 26.0 Å². The van der Waals surface area contributed by atoms with Gasteiger partial charge in [-0.25, -0.2) is 0 Å². The zero-order valence-corrected chi connectivity index (χ0v) is 13.2. The van der Waals surface area contributed by atoms with Crippen molar-refractivity contribution in [1.29, 1.82) is 0 Å². The Hall–Kier alpha value is -0.480. The van der Waals surface area contributed by atoms with Crippen molar-refractivity contribution in [1.82, 2.24) is 4.90 Å². The number of halogens is 1. The Morgan fingerprint density at radius 1 is 1.33 bits per heavy atom. The molecule has 2 rings (SSSR count). The fourth-order valence-corrected chi connectivity index (χ4v) is 3.58. The molecular weight excluding hydrogens is 310 g/mol. The Balaban J connectivity index is 2.13. The molecule has 1 amide bonds. The molecule has 0 aliphatic carbocycles. The van der Waals surface area contributed by atoms with Gasteiger partial charge in [0, 0.05) is 28.1 Å². The molecule has 1 fully saturated rings. The second-order valence-electron chi connectivity index (χ2n) is 5.13. The Morgan fingerprint density at radius 3 is 2.78 bits per heavy atom. The Bertz CT molecular complexity index is 447. The maximum Gasteiger partial charge on any atom is 0.255 e. The molecule has 0 aromatic heterocycles. The Kier molecular flexibility index (Phi) is 4.38. The van der Waals surface area contributed by atoms with E-state index in [0.717, 1.165) is 35.3 Å². The predicted octanol–water partition coefficient (Wildman–Crippen LogP) is 3.81. The van der Waals surface area contributed by atoms with Crippen molar-refractivity contribution in [2.45, 2.75) is 25.0 Å². The van der Waals surface area contributed by atoms with Crippen LogP contribution in [0, 0.1) is 0 Å². The molecule has 0 bridgehead atoms. The number of amides is 1. The monoisotopic (exact) mass is 327 g/mol. The highest BCUT2D eigenvalue weighted by Gasteiger charge is 2.26. The lowest BCUT2D eigenvalue weighted by Crippen LogP contribution is -2.33. The van der Waals surface area contributed by atoms with Crippen molar-refractivity contribution >= 4 is 33.6 Å². The molecule has 98 valence electrons. The van der Waals surface area contributed by atoms with Crippen LogP contribution in [-0.4, -0.2) is 34.4 Å². The molecule has 0 atom stereocenters. The van der Waals surface area contributed by atoms with E-state index in [1.807, 2.05) is 40.9 Å². The summed E-state index contributed by atoms with van der Waals surface area (Å²) >= 11 is 5.41. The molecule has 1 aromatic rings. The molecule has 1 saturated heterocycles. The maximum atomic E-state index is 12.5. The summed E-state index contributed by atoms with van der Waals surface area (Å²) in [5.74, 6) is 1.16. The summed E-state index contributed by atoms with van der Waals surface area (Å²) in [6.45, 7) is 6.20. The van der Waals surface area contributed by atoms with E-state index in [2.05, 4.69) is 29.8 Å². The third-order valence-electron chi connectivity index (χ3n) is 3.23. The van der Waals surface area contributed by atoms with E-state index in [-0.39, 0.29) is 10.7 Å². The minimum Gasteiger partial charge on any atom is -0.338 e. The van der Waals surface area contributed by atoms with Gasteiger partial charge in [0.2, 0.25) is 0 Å². The van der Waals surface area contributed by atoms with Gasteiger partial charge < -0.3 is 4.90 Å². The molecule has 18 heavy (non-hydrogen) atoms. The van der Waals surface area contributed by atoms with Crippen molar-refractivity contribution in [2.75, 3.05) is 18.8 Å². The van der Waals surface area contributed by atoms with Crippen LogP contribution >= 0.6 is 27.7 Å². The molecule has 2 nitrogen and oxygen atoms in total. The van der Waals surface area contributed by atoms with Gasteiger partial charge in [-0.15, -0.1) is 0 Å². The van der Waals surface area contributed by atoms with Crippen LogP contribution in [-0.2, 0) is 0 Å². The second kappa shape index (κ2) is 5.66. The summed E-state index contributed by atoms with van der Waals surface area (Å²) in [4.78, 5) is 14.4. The highest BCUT2D eigenvalue weighted by Crippen LogP contribution is 2.31. The lowest BCUT2D eigenvalue weighted by Gasteiger charge is -2.23. The topological polar surface area (TPSA) is 20.3 Å². The number of thioether (sulfide) groups is 1. The van der Waals surface area contributed by atoms with Crippen LogP contribution in [0.2, 0.25) is 0 Å². The van der Waals surface area contributed by atoms with Gasteiger partial charge in [0.05, 0.1) is 5.56 Å². The molecule has 4 heteroatoms. The van der Waals surface area contributed by atoms with Crippen LogP contribution in [0.5, 0.6) is 0 Å². The minimum absolute atomic E-state index is 0.140. The largest absolute Gasteiger partial charge is 0.338 e. The van der Waals surface area contributed by atoms with Gasteiger partial charge in [0.15, 0.2) is 0 Å². The van der Waals surface area contributed by atoms with E-state index >= 15 is 0 Å². The van der Waals surface area contributed by atoms with E-state index < -0.39 is 0 Å². The first-order valence-electron chi connectivity index (χ1n) is 6.17. The summed E-state index contributed by atoms with van der Waals surface area (Å²) in [6.07, 6.45) is 1.05. The van der Waals surface area contributed by atoms with Gasteiger partial charge >= 0.3 is 0 Å². The first-order valence-corrected chi connectivity index (χ1v) is 7.95. The van der Waals surface area contributed by atoms with Gasteiger partial charge in [0.25, 0.3) is 5.91 Å². The fourth-order valence-electron chi connectivity index (χ4n) is 2.03. The van der Waals surface area contributed by atoms with Crippen LogP contribution in [0.3, 0.4) is 0 Å². The molecule has 0 spiro atoms. The summed E-state index contributed by atoms with van der Waals surface area (Å²) in [6, 6.07) is 7.65.